The van der Waals surface area contributed by atoms with E-state index in [0.29, 0.717) is 12.4 Å². The number of piperidine rings is 1. The maximum absolute atomic E-state index is 10.6. The van der Waals surface area contributed by atoms with E-state index in [9.17, 15) is 13.2 Å². The summed E-state index contributed by atoms with van der Waals surface area (Å²) in [6, 6.07) is 34.9. The van der Waals surface area contributed by atoms with E-state index in [0.717, 1.165) is 42.1 Å². The number of nitrogens with zero attached hydrogens (tertiary/aromatic N) is 1. The standard InChI is InChI=1S/C33H32N2O4.C2HF3O2/c1-36-33(27-12-11-23-7-5-6-10-26(23)19-27)38-32-21-34-18-17-30(32)24-13-15-28(16-14-24)37-22-29-20-31(35-39-29)25-8-3-2-4-9-25;3-2(4,5)1(6)7/h2-16,19-20,30,32-34H,17-18,21-22H2,1H3;(H,6,7). The molecular formula is C35H33F3N2O6. The van der Waals surface area contributed by atoms with Crippen molar-refractivity contribution in [2.75, 3.05) is 20.2 Å². The van der Waals surface area contributed by atoms with E-state index in [1.54, 1.807) is 7.11 Å². The first-order chi connectivity index (χ1) is 22.2. The summed E-state index contributed by atoms with van der Waals surface area (Å²) >= 11 is 0. The molecular weight excluding hydrogens is 601 g/mol. The van der Waals surface area contributed by atoms with Gasteiger partial charge in [0.2, 0.25) is 0 Å². The number of halogens is 3. The van der Waals surface area contributed by atoms with Crippen molar-refractivity contribution in [3.8, 4) is 17.0 Å². The minimum absolute atomic E-state index is 0.0208. The molecule has 11 heteroatoms. The molecule has 0 aliphatic carbocycles. The summed E-state index contributed by atoms with van der Waals surface area (Å²) in [5, 5.41) is 17.2. The zero-order valence-electron chi connectivity index (χ0n) is 24.9. The fourth-order valence-corrected chi connectivity index (χ4v) is 5.23. The van der Waals surface area contributed by atoms with E-state index < -0.39 is 18.4 Å². The zero-order valence-corrected chi connectivity index (χ0v) is 24.9. The second-order valence-electron chi connectivity index (χ2n) is 10.7. The predicted octanol–water partition coefficient (Wildman–Crippen LogP) is 7.51. The van der Waals surface area contributed by atoms with Crippen LogP contribution >= 0.6 is 0 Å². The van der Waals surface area contributed by atoms with E-state index in [2.05, 4.69) is 65.1 Å². The molecule has 240 valence electrons. The van der Waals surface area contributed by atoms with Crippen molar-refractivity contribution in [3.05, 3.63) is 120 Å². The highest BCUT2D eigenvalue weighted by Gasteiger charge is 2.38. The fraction of sp³-hybridized carbons (Fsp3) is 0.257. The van der Waals surface area contributed by atoms with Gasteiger partial charge in [0.15, 0.2) is 12.1 Å². The van der Waals surface area contributed by atoms with Crippen molar-refractivity contribution in [1.82, 2.24) is 10.5 Å². The molecule has 3 atom stereocenters. The quantitative estimate of drug-likeness (QED) is 0.161. The zero-order chi connectivity index (χ0) is 32.5. The number of methoxy groups -OCH3 is 1. The number of ether oxygens (including phenoxy) is 3. The van der Waals surface area contributed by atoms with Gasteiger partial charge in [-0.05, 0) is 47.5 Å². The van der Waals surface area contributed by atoms with E-state index in [4.69, 9.17) is 28.6 Å². The number of benzene rings is 4. The average Bonchev–Trinajstić information content (AvgIpc) is 3.56. The van der Waals surface area contributed by atoms with Crippen LogP contribution in [0.25, 0.3) is 22.0 Å². The van der Waals surface area contributed by atoms with Crippen LogP contribution in [0, 0.1) is 0 Å². The van der Waals surface area contributed by atoms with Crippen molar-refractivity contribution in [3.63, 3.8) is 0 Å². The molecule has 1 saturated heterocycles. The van der Waals surface area contributed by atoms with Gasteiger partial charge in [0.25, 0.3) is 0 Å². The lowest BCUT2D eigenvalue weighted by molar-refractivity contribution is -0.192. The van der Waals surface area contributed by atoms with Gasteiger partial charge in [-0.2, -0.15) is 13.2 Å². The molecule has 6 rings (SSSR count). The molecule has 4 aromatic carbocycles. The van der Waals surface area contributed by atoms with Gasteiger partial charge in [-0.3, -0.25) is 0 Å². The Bertz CT molecular complexity index is 1710. The van der Waals surface area contributed by atoms with Gasteiger partial charge < -0.3 is 29.2 Å². The summed E-state index contributed by atoms with van der Waals surface area (Å²) in [7, 11) is 1.70. The van der Waals surface area contributed by atoms with Crippen molar-refractivity contribution in [1.29, 1.82) is 0 Å². The molecule has 1 aliphatic heterocycles. The lowest BCUT2D eigenvalue weighted by Gasteiger charge is -2.35. The van der Waals surface area contributed by atoms with Crippen LogP contribution in [0.5, 0.6) is 5.75 Å². The molecule has 0 saturated carbocycles. The van der Waals surface area contributed by atoms with Crippen LogP contribution in [0.15, 0.2) is 108 Å². The van der Waals surface area contributed by atoms with Crippen LogP contribution in [0.3, 0.4) is 0 Å². The molecule has 2 N–H and O–H groups in total. The van der Waals surface area contributed by atoms with Crippen LogP contribution in [-0.2, 0) is 20.9 Å². The minimum Gasteiger partial charge on any atom is -0.486 e. The highest BCUT2D eigenvalue weighted by atomic mass is 19.4. The molecule has 0 amide bonds. The third-order valence-corrected chi connectivity index (χ3v) is 7.54. The number of carbonyl (C=O) groups is 1. The summed E-state index contributed by atoms with van der Waals surface area (Å²) in [5.41, 5.74) is 4.08. The summed E-state index contributed by atoms with van der Waals surface area (Å²) in [6.07, 6.45) is -4.56. The Labute approximate surface area is 263 Å². The SMILES string of the molecule is COC(OC1CNCCC1c1ccc(OCc2cc(-c3ccccc3)no2)cc1)c1ccc2ccccc2c1.O=C(O)C(F)(F)F. The number of carboxylic acid groups (broad SMARTS) is 1. The predicted molar refractivity (Wildman–Crippen MR) is 165 cm³/mol. The van der Waals surface area contributed by atoms with Gasteiger partial charge in [-0.1, -0.05) is 84.0 Å². The van der Waals surface area contributed by atoms with Gasteiger partial charge >= 0.3 is 12.1 Å². The number of alkyl halides is 3. The highest BCUT2D eigenvalue weighted by Crippen LogP contribution is 2.33. The summed E-state index contributed by atoms with van der Waals surface area (Å²) < 4.78 is 55.6. The Morgan fingerprint density at radius 1 is 0.978 bits per heavy atom. The van der Waals surface area contributed by atoms with Gasteiger partial charge in [-0.25, -0.2) is 4.79 Å². The number of nitrogens with one attached hydrogen (secondary N) is 1. The largest absolute Gasteiger partial charge is 0.490 e. The Morgan fingerprint density at radius 3 is 2.37 bits per heavy atom. The number of hydrogen-bond acceptors (Lipinski definition) is 7. The van der Waals surface area contributed by atoms with E-state index in [-0.39, 0.29) is 12.0 Å². The molecule has 8 nitrogen and oxygen atoms in total. The van der Waals surface area contributed by atoms with Crippen molar-refractivity contribution >= 4 is 16.7 Å². The lowest BCUT2D eigenvalue weighted by atomic mass is 9.87. The third kappa shape index (κ3) is 8.51. The normalized spacial score (nSPS) is 17.1. The molecule has 1 aliphatic rings. The van der Waals surface area contributed by atoms with Crippen LogP contribution in [0.2, 0.25) is 0 Å². The van der Waals surface area contributed by atoms with Gasteiger partial charge in [-0.15, -0.1) is 0 Å². The van der Waals surface area contributed by atoms with Crippen LogP contribution in [-0.4, -0.2) is 48.7 Å². The molecule has 0 radical (unpaired) electrons. The number of fused-ring (bicyclic) bond motifs is 1. The first-order valence-corrected chi connectivity index (χ1v) is 14.6. The monoisotopic (exact) mass is 634 g/mol. The smallest absolute Gasteiger partial charge is 0.486 e. The fourth-order valence-electron chi connectivity index (χ4n) is 5.23. The topological polar surface area (TPSA) is 103 Å². The molecule has 0 bridgehead atoms. The van der Waals surface area contributed by atoms with Gasteiger partial charge in [0.05, 0.1) is 6.10 Å². The van der Waals surface area contributed by atoms with Crippen molar-refractivity contribution in [2.45, 2.75) is 37.5 Å². The molecule has 5 aromatic rings. The average molecular weight is 635 g/mol. The molecule has 1 aromatic heterocycles. The first-order valence-electron chi connectivity index (χ1n) is 14.6. The van der Waals surface area contributed by atoms with Crippen LogP contribution < -0.4 is 10.1 Å². The van der Waals surface area contributed by atoms with Gasteiger partial charge in [0.1, 0.15) is 18.1 Å². The summed E-state index contributed by atoms with van der Waals surface area (Å²) in [6.45, 7) is 2.04. The maximum atomic E-state index is 10.6. The van der Waals surface area contributed by atoms with Crippen LogP contribution in [0.4, 0.5) is 13.2 Å². The Hall–Kier alpha value is -4.71. The molecule has 2 heterocycles. The van der Waals surface area contributed by atoms with E-state index in [1.807, 2.05) is 48.5 Å². The maximum Gasteiger partial charge on any atom is 0.490 e. The lowest BCUT2D eigenvalue weighted by Crippen LogP contribution is -2.41. The second kappa shape index (κ2) is 15.0. The Kier molecular flexibility index (Phi) is 10.7. The molecule has 46 heavy (non-hydrogen) atoms. The number of aliphatic carboxylic acids is 1. The van der Waals surface area contributed by atoms with Gasteiger partial charge in [0, 0.05) is 36.8 Å². The van der Waals surface area contributed by atoms with Crippen molar-refractivity contribution < 1.29 is 41.8 Å². The molecule has 0 spiro atoms. The van der Waals surface area contributed by atoms with E-state index in [1.165, 1.54) is 16.3 Å². The van der Waals surface area contributed by atoms with Crippen molar-refractivity contribution in [2.24, 2.45) is 0 Å². The second-order valence-corrected chi connectivity index (χ2v) is 10.7. The number of aromatic nitrogens is 1. The summed E-state index contributed by atoms with van der Waals surface area (Å²) in [4.78, 5) is 8.90. The van der Waals surface area contributed by atoms with E-state index >= 15 is 0 Å². The number of rotatable bonds is 9. The summed E-state index contributed by atoms with van der Waals surface area (Å²) in [5.74, 6) is -1.04. The first kappa shape index (κ1) is 32.7. The third-order valence-electron chi connectivity index (χ3n) is 7.54. The number of hydrogen-bond donors (Lipinski definition) is 2. The number of carboxylic acids is 1. The Morgan fingerprint density at radius 2 is 1.67 bits per heavy atom. The molecule has 1 fully saturated rings. The highest BCUT2D eigenvalue weighted by molar-refractivity contribution is 5.83. The Balaban J connectivity index is 0.000000537. The van der Waals surface area contributed by atoms with Crippen LogP contribution in [0.1, 0.15) is 35.5 Å². The minimum atomic E-state index is -5.08. The molecule has 3 unspecified atom stereocenters.